The number of methoxy groups -OCH3 is 1. The van der Waals surface area contributed by atoms with Crippen LogP contribution in [0.4, 0.5) is 0 Å². The second kappa shape index (κ2) is 5.94. The van der Waals surface area contributed by atoms with Gasteiger partial charge in [0.15, 0.2) is 0 Å². The number of aromatic amines is 1. The van der Waals surface area contributed by atoms with E-state index in [9.17, 15) is 4.79 Å². The molecule has 1 amide bonds. The molecule has 2 aromatic rings. The molecule has 6 nitrogen and oxygen atoms in total. The molecule has 1 saturated heterocycles. The standard InChI is InChI=1S/C17H21N3O3/c1-22-12-3-5-16-15(9-12)20(6-7-23-16)17(21)11-2-4-13-14(8-11)19-10-18-13/h2,4,8,10,12,15-16H,3,5-7,9H2,1H3,(H,18,19). The number of rotatable bonds is 2. The van der Waals surface area contributed by atoms with Gasteiger partial charge in [-0.05, 0) is 37.5 Å². The zero-order valence-electron chi connectivity index (χ0n) is 13.2. The Kier molecular flexibility index (Phi) is 3.79. The van der Waals surface area contributed by atoms with Gasteiger partial charge < -0.3 is 19.4 Å². The van der Waals surface area contributed by atoms with E-state index in [0.717, 1.165) is 30.3 Å². The molecule has 1 aliphatic carbocycles. The van der Waals surface area contributed by atoms with E-state index in [2.05, 4.69) is 9.97 Å². The highest BCUT2D eigenvalue weighted by atomic mass is 16.5. The van der Waals surface area contributed by atoms with Gasteiger partial charge in [0.25, 0.3) is 5.91 Å². The van der Waals surface area contributed by atoms with E-state index in [1.807, 2.05) is 23.1 Å². The number of nitrogens with zero attached hydrogens (tertiary/aromatic N) is 2. The Morgan fingerprint density at radius 3 is 3.22 bits per heavy atom. The summed E-state index contributed by atoms with van der Waals surface area (Å²) in [6.45, 7) is 1.24. The summed E-state index contributed by atoms with van der Waals surface area (Å²) in [5.74, 6) is 0.0663. The van der Waals surface area contributed by atoms with Crippen LogP contribution < -0.4 is 0 Å². The van der Waals surface area contributed by atoms with Crippen molar-refractivity contribution >= 4 is 16.9 Å². The summed E-state index contributed by atoms with van der Waals surface area (Å²) in [5, 5.41) is 0. The normalized spacial score (nSPS) is 27.9. The fourth-order valence-electron chi connectivity index (χ4n) is 3.77. The van der Waals surface area contributed by atoms with E-state index in [4.69, 9.17) is 9.47 Å². The molecule has 2 fully saturated rings. The van der Waals surface area contributed by atoms with E-state index in [1.165, 1.54) is 0 Å². The monoisotopic (exact) mass is 315 g/mol. The SMILES string of the molecule is COC1CCC2OCCN(C(=O)c3ccc4nc[nH]c4c3)C2C1. The Morgan fingerprint density at radius 1 is 1.43 bits per heavy atom. The van der Waals surface area contributed by atoms with Crippen molar-refractivity contribution in [3.8, 4) is 0 Å². The molecular formula is C17H21N3O3. The van der Waals surface area contributed by atoms with E-state index < -0.39 is 0 Å². The molecule has 0 radical (unpaired) electrons. The molecule has 23 heavy (non-hydrogen) atoms. The average Bonchev–Trinajstić information content (AvgIpc) is 3.07. The lowest BCUT2D eigenvalue weighted by molar-refractivity contribution is -0.101. The predicted molar refractivity (Wildman–Crippen MR) is 85.3 cm³/mol. The van der Waals surface area contributed by atoms with Crippen molar-refractivity contribution < 1.29 is 14.3 Å². The number of morpholine rings is 1. The average molecular weight is 315 g/mol. The minimum Gasteiger partial charge on any atom is -0.381 e. The van der Waals surface area contributed by atoms with E-state index in [1.54, 1.807) is 13.4 Å². The first-order valence-corrected chi connectivity index (χ1v) is 8.15. The van der Waals surface area contributed by atoms with E-state index in [-0.39, 0.29) is 24.2 Å². The van der Waals surface area contributed by atoms with Crippen LogP contribution in [0.1, 0.15) is 29.6 Å². The molecule has 3 atom stereocenters. The number of H-pyrrole nitrogens is 1. The lowest BCUT2D eigenvalue weighted by atomic mass is 9.87. The maximum atomic E-state index is 13.0. The third kappa shape index (κ3) is 2.62. The Bertz CT molecular complexity index is 714. The molecule has 122 valence electrons. The highest BCUT2D eigenvalue weighted by molar-refractivity contribution is 5.97. The quantitative estimate of drug-likeness (QED) is 0.920. The maximum absolute atomic E-state index is 13.0. The van der Waals surface area contributed by atoms with Gasteiger partial charge in [-0.15, -0.1) is 0 Å². The Balaban J connectivity index is 1.60. The van der Waals surface area contributed by atoms with Crippen molar-refractivity contribution in [2.24, 2.45) is 0 Å². The first kappa shape index (κ1) is 14.7. The van der Waals surface area contributed by atoms with Gasteiger partial charge >= 0.3 is 0 Å². The molecule has 4 rings (SSSR count). The Hall–Kier alpha value is -1.92. The van der Waals surface area contributed by atoms with Gasteiger partial charge in [-0.25, -0.2) is 4.98 Å². The smallest absolute Gasteiger partial charge is 0.254 e. The number of aromatic nitrogens is 2. The number of ether oxygens (including phenoxy) is 2. The van der Waals surface area contributed by atoms with E-state index in [0.29, 0.717) is 18.7 Å². The zero-order chi connectivity index (χ0) is 15.8. The largest absolute Gasteiger partial charge is 0.381 e. The zero-order valence-corrected chi connectivity index (χ0v) is 13.2. The van der Waals surface area contributed by atoms with Crippen molar-refractivity contribution in [2.45, 2.75) is 37.5 Å². The number of imidazole rings is 1. The lowest BCUT2D eigenvalue weighted by Gasteiger charge is -2.45. The van der Waals surface area contributed by atoms with Crippen LogP contribution >= 0.6 is 0 Å². The van der Waals surface area contributed by atoms with Crippen molar-refractivity contribution in [3.63, 3.8) is 0 Å². The molecule has 1 aromatic heterocycles. The summed E-state index contributed by atoms with van der Waals surface area (Å²) in [7, 11) is 1.74. The van der Waals surface area contributed by atoms with E-state index >= 15 is 0 Å². The van der Waals surface area contributed by atoms with Gasteiger partial charge in [0.2, 0.25) is 0 Å². The summed E-state index contributed by atoms with van der Waals surface area (Å²) in [5.41, 5.74) is 2.46. The molecule has 1 aromatic carbocycles. The van der Waals surface area contributed by atoms with Crippen molar-refractivity contribution in [3.05, 3.63) is 30.1 Å². The van der Waals surface area contributed by atoms with Crippen LogP contribution in [-0.4, -0.2) is 59.3 Å². The fraction of sp³-hybridized carbons (Fsp3) is 0.529. The fourth-order valence-corrected chi connectivity index (χ4v) is 3.77. The molecule has 6 heteroatoms. The minimum absolute atomic E-state index is 0.0663. The van der Waals surface area contributed by atoms with Crippen LogP contribution in [0.15, 0.2) is 24.5 Å². The molecule has 2 aliphatic rings. The third-order valence-electron chi connectivity index (χ3n) is 5.03. The van der Waals surface area contributed by atoms with Gasteiger partial charge in [-0.3, -0.25) is 4.79 Å². The van der Waals surface area contributed by atoms with Crippen LogP contribution in [-0.2, 0) is 9.47 Å². The van der Waals surface area contributed by atoms with Crippen LogP contribution in [0, 0.1) is 0 Å². The molecular weight excluding hydrogens is 294 g/mol. The first-order chi connectivity index (χ1) is 11.3. The number of amides is 1. The summed E-state index contributed by atoms with van der Waals surface area (Å²) in [6.07, 6.45) is 4.79. The number of fused-ring (bicyclic) bond motifs is 2. The summed E-state index contributed by atoms with van der Waals surface area (Å²) >= 11 is 0. The van der Waals surface area contributed by atoms with Crippen molar-refractivity contribution in [2.75, 3.05) is 20.3 Å². The molecule has 0 bridgehead atoms. The van der Waals surface area contributed by atoms with Gasteiger partial charge in [-0.1, -0.05) is 0 Å². The molecule has 1 aliphatic heterocycles. The molecule has 0 spiro atoms. The topological polar surface area (TPSA) is 67.5 Å². The van der Waals surface area contributed by atoms with Gasteiger partial charge in [0.1, 0.15) is 0 Å². The van der Waals surface area contributed by atoms with Crippen LogP contribution in [0.5, 0.6) is 0 Å². The number of nitrogens with one attached hydrogen (secondary N) is 1. The van der Waals surface area contributed by atoms with Crippen LogP contribution in [0.2, 0.25) is 0 Å². The summed E-state index contributed by atoms with van der Waals surface area (Å²) < 4.78 is 11.4. The number of hydrogen-bond donors (Lipinski definition) is 1. The molecule has 2 heterocycles. The Labute approximate surface area is 134 Å². The second-order valence-corrected chi connectivity index (χ2v) is 6.28. The Morgan fingerprint density at radius 2 is 2.35 bits per heavy atom. The lowest BCUT2D eigenvalue weighted by Crippen LogP contribution is -2.56. The van der Waals surface area contributed by atoms with Crippen LogP contribution in [0.3, 0.4) is 0 Å². The van der Waals surface area contributed by atoms with Crippen molar-refractivity contribution in [1.29, 1.82) is 0 Å². The summed E-state index contributed by atoms with van der Waals surface area (Å²) in [4.78, 5) is 22.2. The summed E-state index contributed by atoms with van der Waals surface area (Å²) in [6, 6.07) is 5.72. The second-order valence-electron chi connectivity index (χ2n) is 6.28. The number of carbonyl (C=O) groups excluding carboxylic acids is 1. The van der Waals surface area contributed by atoms with Crippen molar-refractivity contribution in [1.82, 2.24) is 14.9 Å². The molecule has 1 saturated carbocycles. The maximum Gasteiger partial charge on any atom is 0.254 e. The molecule has 1 N–H and O–H groups in total. The third-order valence-corrected chi connectivity index (χ3v) is 5.03. The number of hydrogen-bond acceptors (Lipinski definition) is 4. The highest BCUT2D eigenvalue weighted by Gasteiger charge is 2.40. The van der Waals surface area contributed by atoms with Gasteiger partial charge in [-0.2, -0.15) is 0 Å². The minimum atomic E-state index is 0.0663. The van der Waals surface area contributed by atoms with Gasteiger partial charge in [0.05, 0.1) is 42.2 Å². The first-order valence-electron chi connectivity index (χ1n) is 8.15. The van der Waals surface area contributed by atoms with Gasteiger partial charge in [0, 0.05) is 19.2 Å². The number of benzene rings is 1. The van der Waals surface area contributed by atoms with Crippen LogP contribution in [0.25, 0.3) is 11.0 Å². The highest BCUT2D eigenvalue weighted by Crippen LogP contribution is 2.31. The molecule has 3 unspecified atom stereocenters. The predicted octanol–water partition coefficient (Wildman–Crippen LogP) is 1.97. The number of carbonyl (C=O) groups is 1.